The summed E-state index contributed by atoms with van der Waals surface area (Å²) in [7, 11) is 2.86. The summed E-state index contributed by atoms with van der Waals surface area (Å²) in [5.41, 5.74) is 3.61. The van der Waals surface area contributed by atoms with Crippen molar-refractivity contribution in [1.29, 1.82) is 0 Å². The second-order valence-corrected chi connectivity index (χ2v) is 9.34. The Bertz CT molecular complexity index is 1250. The minimum atomic E-state index is -0.570. The first-order chi connectivity index (χ1) is 18.5. The normalized spacial score (nSPS) is 13.1. The van der Waals surface area contributed by atoms with Gasteiger partial charge in [-0.15, -0.1) is 0 Å². The maximum absolute atomic E-state index is 13.8. The molecule has 4 rings (SSSR count). The fourth-order valence-corrected chi connectivity index (χ4v) is 4.66. The number of carbonyl (C=O) groups excluding carboxylic acids is 2. The van der Waals surface area contributed by atoms with Crippen molar-refractivity contribution in [2.24, 2.45) is 0 Å². The molecular weight excluding hydrogens is 480 g/mol. The Morgan fingerprint density at radius 1 is 0.895 bits per heavy atom. The summed E-state index contributed by atoms with van der Waals surface area (Å²) < 4.78 is 16.6. The van der Waals surface area contributed by atoms with Crippen LogP contribution < -0.4 is 19.7 Å². The zero-order chi connectivity index (χ0) is 26.9. The van der Waals surface area contributed by atoms with Crippen molar-refractivity contribution in [1.82, 2.24) is 0 Å². The third-order valence-corrected chi connectivity index (χ3v) is 6.76. The minimum absolute atomic E-state index is 0.206. The van der Waals surface area contributed by atoms with E-state index in [2.05, 4.69) is 17.1 Å². The van der Waals surface area contributed by atoms with E-state index in [1.807, 2.05) is 48.5 Å². The summed E-state index contributed by atoms with van der Waals surface area (Å²) >= 11 is 0. The zero-order valence-corrected chi connectivity index (χ0v) is 22.4. The fourth-order valence-electron chi connectivity index (χ4n) is 4.66. The molecule has 1 saturated heterocycles. The van der Waals surface area contributed by atoms with Crippen LogP contribution in [-0.4, -0.2) is 45.8 Å². The number of rotatable bonds is 10. The van der Waals surface area contributed by atoms with Crippen molar-refractivity contribution in [3.05, 3.63) is 71.8 Å². The van der Waals surface area contributed by atoms with Crippen molar-refractivity contribution in [2.45, 2.75) is 39.0 Å². The predicted octanol–water partition coefficient (Wildman–Crippen LogP) is 6.57. The fraction of sp³-hybridized carbons (Fsp3) is 0.355. The molecule has 0 aliphatic carbocycles. The van der Waals surface area contributed by atoms with Gasteiger partial charge in [0, 0.05) is 24.3 Å². The number of ether oxygens (including phenoxy) is 3. The molecule has 0 radical (unpaired) electrons. The van der Waals surface area contributed by atoms with E-state index in [9.17, 15) is 9.59 Å². The summed E-state index contributed by atoms with van der Waals surface area (Å²) in [4.78, 5) is 28.8. The molecule has 0 saturated carbocycles. The molecule has 1 amide bonds. The van der Waals surface area contributed by atoms with Crippen molar-refractivity contribution in [2.75, 3.05) is 44.1 Å². The number of hydrogen-bond acceptors (Lipinski definition) is 6. The number of methoxy groups -OCH3 is 2. The Balaban J connectivity index is 1.74. The number of hydrogen-bond donors (Lipinski definition) is 1. The van der Waals surface area contributed by atoms with E-state index < -0.39 is 5.97 Å². The quantitative estimate of drug-likeness (QED) is 0.243. The van der Waals surface area contributed by atoms with Crippen LogP contribution in [0.4, 0.5) is 11.4 Å². The van der Waals surface area contributed by atoms with E-state index in [1.165, 1.54) is 13.5 Å². The number of benzene rings is 3. The van der Waals surface area contributed by atoms with Crippen LogP contribution in [0.15, 0.2) is 60.7 Å². The van der Waals surface area contributed by atoms with Gasteiger partial charge in [-0.05, 0) is 61.6 Å². The Morgan fingerprint density at radius 3 is 2.34 bits per heavy atom. The highest BCUT2D eigenvalue weighted by molar-refractivity contribution is 6.10. The van der Waals surface area contributed by atoms with Gasteiger partial charge in [0.25, 0.3) is 5.91 Å². The number of nitrogens with one attached hydrogen (secondary N) is 1. The highest BCUT2D eigenvalue weighted by atomic mass is 16.5. The first kappa shape index (κ1) is 27.0. The lowest BCUT2D eigenvalue weighted by atomic mass is 10.0. The van der Waals surface area contributed by atoms with Gasteiger partial charge in [0.15, 0.2) is 0 Å². The van der Waals surface area contributed by atoms with Gasteiger partial charge < -0.3 is 24.4 Å². The summed E-state index contributed by atoms with van der Waals surface area (Å²) in [6.45, 7) is 4.54. The van der Waals surface area contributed by atoms with Crippen LogP contribution in [0.25, 0.3) is 11.1 Å². The molecule has 38 heavy (non-hydrogen) atoms. The lowest BCUT2D eigenvalue weighted by molar-refractivity contribution is 0.0601. The number of anilines is 2. The standard InChI is InChI=1S/C31H36N2O5/c1-4-5-18-38-28-15-14-23(33-16-10-7-11-17-33)19-26(28)30(34)32-27-20-24(22-12-8-6-9-13-22)29(36-2)21-25(27)31(35)37-3/h6,8-9,12-15,19-21H,4-5,7,10-11,16-18H2,1-3H3,(H,32,34). The lowest BCUT2D eigenvalue weighted by Crippen LogP contribution is -2.29. The maximum Gasteiger partial charge on any atom is 0.340 e. The topological polar surface area (TPSA) is 77.1 Å². The monoisotopic (exact) mass is 516 g/mol. The molecule has 1 fully saturated rings. The lowest BCUT2D eigenvalue weighted by Gasteiger charge is -2.29. The maximum atomic E-state index is 13.8. The third kappa shape index (κ3) is 6.28. The minimum Gasteiger partial charge on any atom is -0.496 e. The Morgan fingerprint density at radius 2 is 1.66 bits per heavy atom. The Kier molecular flexibility index (Phi) is 9.25. The van der Waals surface area contributed by atoms with Gasteiger partial charge in [-0.3, -0.25) is 4.79 Å². The Labute approximate surface area is 224 Å². The number of carbonyl (C=O) groups is 2. The summed E-state index contributed by atoms with van der Waals surface area (Å²) in [5, 5.41) is 2.97. The van der Waals surface area contributed by atoms with Crippen LogP contribution in [0.3, 0.4) is 0 Å². The van der Waals surface area contributed by atoms with Gasteiger partial charge in [-0.1, -0.05) is 43.7 Å². The van der Waals surface area contributed by atoms with Gasteiger partial charge in [0.2, 0.25) is 0 Å². The first-order valence-corrected chi connectivity index (χ1v) is 13.2. The summed E-state index contributed by atoms with van der Waals surface area (Å²) in [6.07, 6.45) is 5.36. The number of nitrogens with zero attached hydrogens (tertiary/aromatic N) is 1. The number of unbranched alkanes of at least 4 members (excludes halogenated alkanes) is 1. The van der Waals surface area contributed by atoms with Crippen LogP contribution in [0.5, 0.6) is 11.5 Å². The molecular formula is C31H36N2O5. The van der Waals surface area contributed by atoms with Crippen molar-refractivity contribution < 1.29 is 23.8 Å². The van der Waals surface area contributed by atoms with Gasteiger partial charge in [-0.25, -0.2) is 4.79 Å². The Hall–Kier alpha value is -4.00. The molecule has 0 unspecified atom stereocenters. The second-order valence-electron chi connectivity index (χ2n) is 9.34. The van der Waals surface area contributed by atoms with Crippen LogP contribution in [0, 0.1) is 0 Å². The molecule has 0 spiro atoms. The number of esters is 1. The van der Waals surface area contributed by atoms with Crippen LogP contribution in [0.2, 0.25) is 0 Å². The summed E-state index contributed by atoms with van der Waals surface area (Å²) in [6, 6.07) is 18.8. The molecule has 7 nitrogen and oxygen atoms in total. The molecule has 0 bridgehead atoms. The third-order valence-electron chi connectivity index (χ3n) is 6.76. The molecule has 0 atom stereocenters. The highest BCUT2D eigenvalue weighted by Gasteiger charge is 2.23. The molecule has 1 heterocycles. The molecule has 7 heteroatoms. The largest absolute Gasteiger partial charge is 0.496 e. The SMILES string of the molecule is CCCCOc1ccc(N2CCCCC2)cc1C(=O)Nc1cc(-c2ccccc2)c(OC)cc1C(=O)OC. The molecule has 1 aliphatic rings. The molecule has 3 aromatic rings. The molecule has 0 aromatic heterocycles. The van der Waals surface area contributed by atoms with E-state index >= 15 is 0 Å². The van der Waals surface area contributed by atoms with Crippen LogP contribution in [-0.2, 0) is 4.74 Å². The van der Waals surface area contributed by atoms with E-state index in [4.69, 9.17) is 14.2 Å². The average Bonchev–Trinajstić information content (AvgIpc) is 2.97. The smallest absolute Gasteiger partial charge is 0.340 e. The predicted molar refractivity (Wildman–Crippen MR) is 151 cm³/mol. The van der Waals surface area contributed by atoms with Crippen molar-refractivity contribution in [3.63, 3.8) is 0 Å². The van der Waals surface area contributed by atoms with Crippen LogP contribution >= 0.6 is 0 Å². The molecule has 1 aliphatic heterocycles. The number of amides is 1. The number of piperidine rings is 1. The van der Waals surface area contributed by atoms with Crippen LogP contribution in [0.1, 0.15) is 59.7 Å². The van der Waals surface area contributed by atoms with Gasteiger partial charge in [0.05, 0.1) is 37.6 Å². The van der Waals surface area contributed by atoms with E-state index in [0.29, 0.717) is 29.4 Å². The van der Waals surface area contributed by atoms with Gasteiger partial charge in [0.1, 0.15) is 11.5 Å². The first-order valence-electron chi connectivity index (χ1n) is 13.2. The van der Waals surface area contributed by atoms with E-state index in [1.54, 1.807) is 19.2 Å². The van der Waals surface area contributed by atoms with Crippen molar-refractivity contribution >= 4 is 23.3 Å². The molecule has 200 valence electrons. The van der Waals surface area contributed by atoms with Gasteiger partial charge >= 0.3 is 5.97 Å². The molecule has 1 N–H and O–H groups in total. The van der Waals surface area contributed by atoms with E-state index in [0.717, 1.165) is 55.6 Å². The van der Waals surface area contributed by atoms with E-state index in [-0.39, 0.29) is 11.5 Å². The molecule has 3 aromatic carbocycles. The highest BCUT2D eigenvalue weighted by Crippen LogP contribution is 2.36. The average molecular weight is 517 g/mol. The van der Waals surface area contributed by atoms with Crippen molar-refractivity contribution in [3.8, 4) is 22.6 Å². The zero-order valence-electron chi connectivity index (χ0n) is 22.4. The summed E-state index contributed by atoms with van der Waals surface area (Å²) in [5.74, 6) is 0.0998. The van der Waals surface area contributed by atoms with Gasteiger partial charge in [-0.2, -0.15) is 0 Å². The second kappa shape index (κ2) is 13.0.